The number of allylic oxidation sites excluding steroid dienone is 2. The van der Waals surface area contributed by atoms with Gasteiger partial charge in [-0.25, -0.2) is 5.43 Å². The minimum Gasteiger partial charge on any atom is -0.459 e. The van der Waals surface area contributed by atoms with E-state index >= 15 is 0 Å². The summed E-state index contributed by atoms with van der Waals surface area (Å²) in [4.78, 5) is 14.3. The second-order valence-electron chi connectivity index (χ2n) is 6.99. The van der Waals surface area contributed by atoms with Gasteiger partial charge < -0.3 is 14.1 Å². The van der Waals surface area contributed by atoms with Crippen molar-refractivity contribution in [2.75, 3.05) is 26.3 Å². The smallest absolute Gasteiger partial charge is 0.307 e. The molecule has 156 valence electrons. The van der Waals surface area contributed by atoms with Gasteiger partial charge in [-0.2, -0.15) is 5.10 Å². The molecule has 1 amide bonds. The van der Waals surface area contributed by atoms with Gasteiger partial charge in [0.15, 0.2) is 5.76 Å². The maximum Gasteiger partial charge on any atom is 0.307 e. The number of benzene rings is 1. The molecular weight excluding hydrogens is 425 g/mol. The molecule has 1 N–H and O–H groups in total. The summed E-state index contributed by atoms with van der Waals surface area (Å²) in [7, 11) is 0. The topological polar surface area (TPSA) is 67.1 Å². The molecule has 2 aliphatic rings. The van der Waals surface area contributed by atoms with E-state index < -0.39 is 0 Å². The Morgan fingerprint density at radius 1 is 1.17 bits per heavy atom. The number of halogens is 2. The Balaban J connectivity index is 1.60. The summed E-state index contributed by atoms with van der Waals surface area (Å²) in [5.74, 6) is -0.162. The number of amides is 1. The molecule has 0 radical (unpaired) electrons. The molecule has 1 saturated heterocycles. The van der Waals surface area contributed by atoms with Crippen molar-refractivity contribution in [1.82, 2.24) is 10.3 Å². The molecule has 1 aromatic carbocycles. The fourth-order valence-electron chi connectivity index (χ4n) is 3.61. The summed E-state index contributed by atoms with van der Waals surface area (Å²) >= 11 is 12.4. The molecule has 1 fully saturated rings. The lowest BCUT2D eigenvalue weighted by Gasteiger charge is -2.31. The third kappa shape index (κ3) is 4.78. The largest absolute Gasteiger partial charge is 0.459 e. The first-order chi connectivity index (χ1) is 14.6. The summed E-state index contributed by atoms with van der Waals surface area (Å²) in [6, 6.07) is 8.75. The van der Waals surface area contributed by atoms with Crippen LogP contribution in [0.25, 0.3) is 6.08 Å². The van der Waals surface area contributed by atoms with Crippen molar-refractivity contribution < 1.29 is 13.9 Å². The zero-order chi connectivity index (χ0) is 20.9. The van der Waals surface area contributed by atoms with Crippen LogP contribution in [0.1, 0.15) is 29.0 Å². The van der Waals surface area contributed by atoms with Crippen LogP contribution in [0.15, 0.2) is 63.0 Å². The van der Waals surface area contributed by atoms with Crippen LogP contribution in [0.4, 0.5) is 0 Å². The number of nitrogens with one attached hydrogen (secondary N) is 1. The van der Waals surface area contributed by atoms with E-state index in [0.29, 0.717) is 23.3 Å². The van der Waals surface area contributed by atoms with Gasteiger partial charge in [0.2, 0.25) is 0 Å². The average molecular weight is 446 g/mol. The monoisotopic (exact) mass is 445 g/mol. The highest BCUT2D eigenvalue weighted by Gasteiger charge is 2.25. The summed E-state index contributed by atoms with van der Waals surface area (Å²) in [6.07, 6.45) is 6.96. The van der Waals surface area contributed by atoms with Crippen molar-refractivity contribution in [1.29, 1.82) is 0 Å². The number of morpholine rings is 1. The van der Waals surface area contributed by atoms with E-state index in [1.165, 1.54) is 11.8 Å². The fourth-order valence-corrected chi connectivity index (χ4v) is 4.07. The van der Waals surface area contributed by atoms with Crippen molar-refractivity contribution in [3.8, 4) is 0 Å². The lowest BCUT2D eigenvalue weighted by atomic mass is 10.1. The Morgan fingerprint density at radius 2 is 2.00 bits per heavy atom. The Labute approximate surface area is 184 Å². The number of carbonyl (C=O) groups is 1. The fraction of sp³-hybridized carbons (Fsp3) is 0.273. The van der Waals surface area contributed by atoms with Gasteiger partial charge in [-0.3, -0.25) is 4.79 Å². The second kappa shape index (κ2) is 9.51. The van der Waals surface area contributed by atoms with E-state index in [0.717, 1.165) is 42.8 Å². The first kappa shape index (κ1) is 20.7. The molecule has 1 aliphatic heterocycles. The van der Waals surface area contributed by atoms with Crippen LogP contribution in [0.2, 0.25) is 10.0 Å². The number of rotatable bonds is 5. The molecule has 1 aliphatic carbocycles. The highest BCUT2D eigenvalue weighted by atomic mass is 35.5. The van der Waals surface area contributed by atoms with Gasteiger partial charge in [0.1, 0.15) is 0 Å². The summed E-state index contributed by atoms with van der Waals surface area (Å²) in [6.45, 7) is 2.96. The molecule has 0 bridgehead atoms. The van der Waals surface area contributed by atoms with Gasteiger partial charge in [0, 0.05) is 28.8 Å². The van der Waals surface area contributed by atoms with Gasteiger partial charge in [-0.05, 0) is 59.9 Å². The number of nitrogens with zero attached hydrogens (tertiary/aromatic N) is 2. The Hall–Kier alpha value is -2.54. The Bertz CT molecular complexity index is 1010. The molecule has 0 unspecified atom stereocenters. The molecule has 0 saturated carbocycles. The third-order valence-electron chi connectivity index (χ3n) is 5.02. The number of ether oxygens (including phenoxy) is 1. The number of hydrogen-bond acceptors (Lipinski definition) is 5. The molecule has 2 heterocycles. The van der Waals surface area contributed by atoms with E-state index in [1.807, 2.05) is 12.1 Å². The third-order valence-corrected chi connectivity index (χ3v) is 5.59. The Morgan fingerprint density at radius 3 is 2.73 bits per heavy atom. The van der Waals surface area contributed by atoms with Crippen LogP contribution in [-0.4, -0.2) is 43.3 Å². The molecule has 8 heteroatoms. The van der Waals surface area contributed by atoms with Crippen molar-refractivity contribution in [2.24, 2.45) is 5.10 Å². The highest BCUT2D eigenvalue weighted by Crippen LogP contribution is 2.36. The number of hydrogen-bond donors (Lipinski definition) is 1. The Kier molecular flexibility index (Phi) is 6.57. The normalized spacial score (nSPS) is 18.6. The predicted molar refractivity (Wildman–Crippen MR) is 118 cm³/mol. The molecule has 1 aromatic heterocycles. The van der Waals surface area contributed by atoms with Crippen LogP contribution < -0.4 is 5.43 Å². The van der Waals surface area contributed by atoms with E-state index in [4.69, 9.17) is 32.4 Å². The van der Waals surface area contributed by atoms with Gasteiger partial charge in [0.05, 0.1) is 25.7 Å². The molecule has 6 nitrogen and oxygen atoms in total. The molecular formula is C22H21Cl2N3O3. The minimum absolute atomic E-state index is 0.221. The number of furan rings is 1. The molecule has 2 aromatic rings. The summed E-state index contributed by atoms with van der Waals surface area (Å²) in [5, 5.41) is 5.38. The molecule has 4 rings (SSSR count). The highest BCUT2D eigenvalue weighted by molar-refractivity contribution is 6.35. The van der Waals surface area contributed by atoms with E-state index in [2.05, 4.69) is 21.5 Å². The van der Waals surface area contributed by atoms with Crippen LogP contribution in [0.5, 0.6) is 0 Å². The van der Waals surface area contributed by atoms with Gasteiger partial charge in [-0.15, -0.1) is 0 Å². The first-order valence-corrected chi connectivity index (χ1v) is 10.5. The van der Waals surface area contributed by atoms with Gasteiger partial charge >= 0.3 is 5.91 Å². The van der Waals surface area contributed by atoms with Crippen molar-refractivity contribution >= 4 is 41.4 Å². The van der Waals surface area contributed by atoms with Gasteiger partial charge in [-0.1, -0.05) is 29.3 Å². The molecule has 0 spiro atoms. The van der Waals surface area contributed by atoms with Crippen molar-refractivity contribution in [2.45, 2.75) is 12.8 Å². The minimum atomic E-state index is -0.383. The zero-order valence-corrected chi connectivity index (χ0v) is 17.7. The van der Waals surface area contributed by atoms with Crippen LogP contribution in [-0.2, 0) is 4.74 Å². The quantitative estimate of drug-likeness (QED) is 0.531. The van der Waals surface area contributed by atoms with E-state index in [1.54, 1.807) is 24.4 Å². The van der Waals surface area contributed by atoms with Crippen LogP contribution in [0.3, 0.4) is 0 Å². The van der Waals surface area contributed by atoms with E-state index in [9.17, 15) is 4.79 Å². The summed E-state index contributed by atoms with van der Waals surface area (Å²) < 4.78 is 10.6. The summed E-state index contributed by atoms with van der Waals surface area (Å²) in [5.41, 5.74) is 6.81. The SMILES string of the molecule is O=C(NN=CC1=C(N2CCOCC2)C(=Cc2ccc(Cl)cc2Cl)CC1)c1ccco1. The average Bonchev–Trinajstić information content (AvgIpc) is 3.41. The maximum absolute atomic E-state index is 12.0. The van der Waals surface area contributed by atoms with Crippen LogP contribution in [0, 0.1) is 0 Å². The molecule has 30 heavy (non-hydrogen) atoms. The van der Waals surface area contributed by atoms with Crippen LogP contribution >= 0.6 is 23.2 Å². The second-order valence-corrected chi connectivity index (χ2v) is 7.83. The number of carbonyl (C=O) groups excluding carboxylic acids is 1. The predicted octanol–water partition coefficient (Wildman–Crippen LogP) is 4.77. The first-order valence-electron chi connectivity index (χ1n) is 9.70. The zero-order valence-electron chi connectivity index (χ0n) is 16.2. The maximum atomic E-state index is 12.0. The standard InChI is InChI=1S/C22H21Cl2N3O3/c23-18-6-5-15(19(24)13-18)12-16-3-4-17(21(16)27-7-10-29-11-8-27)14-25-26-22(28)20-2-1-9-30-20/h1-2,5-6,9,12-14H,3-4,7-8,10-11H2,(H,26,28). The van der Waals surface area contributed by atoms with E-state index in [-0.39, 0.29) is 11.7 Å². The van der Waals surface area contributed by atoms with Crippen molar-refractivity contribution in [3.05, 3.63) is 74.8 Å². The lowest BCUT2D eigenvalue weighted by Crippen LogP contribution is -2.36. The number of hydrazone groups is 1. The molecule has 0 atom stereocenters. The van der Waals surface area contributed by atoms with Crippen molar-refractivity contribution in [3.63, 3.8) is 0 Å². The van der Waals surface area contributed by atoms with Gasteiger partial charge in [0.25, 0.3) is 0 Å². The lowest BCUT2D eigenvalue weighted by molar-refractivity contribution is 0.0548.